The zero-order valence-corrected chi connectivity index (χ0v) is 28.4. The molecular weight excluding hydrogens is 631 g/mol. The minimum absolute atomic E-state index is 0.838. The molecule has 0 saturated heterocycles. The van der Waals surface area contributed by atoms with Crippen LogP contribution in [0.15, 0.2) is 200 Å². The van der Waals surface area contributed by atoms with Gasteiger partial charge in [0.2, 0.25) is 0 Å². The lowest BCUT2D eigenvalue weighted by molar-refractivity contribution is 1.29. The molecule has 0 spiro atoms. The van der Waals surface area contributed by atoms with Crippen molar-refractivity contribution in [2.24, 2.45) is 0 Å². The van der Waals surface area contributed by atoms with Crippen LogP contribution in [0.5, 0.6) is 0 Å². The zero-order valence-electron chi connectivity index (χ0n) is 28.4. The highest BCUT2D eigenvalue weighted by Gasteiger charge is 2.19. The Kier molecular flexibility index (Phi) is 8.20. The molecular formula is C49H33N3. The third-order valence-electron chi connectivity index (χ3n) is 9.60. The van der Waals surface area contributed by atoms with E-state index in [9.17, 15) is 0 Å². The van der Waals surface area contributed by atoms with Crippen LogP contribution in [0.25, 0.3) is 89.3 Å². The molecule has 0 atom stereocenters. The number of hydrogen-bond acceptors (Lipinski definition) is 3. The van der Waals surface area contributed by atoms with E-state index >= 15 is 0 Å². The number of nitrogens with zero attached hydrogens (tertiary/aromatic N) is 3. The first kappa shape index (κ1) is 31.0. The molecule has 0 aliphatic rings. The van der Waals surface area contributed by atoms with Gasteiger partial charge in [-0.2, -0.15) is 0 Å². The summed E-state index contributed by atoms with van der Waals surface area (Å²) < 4.78 is 0. The van der Waals surface area contributed by atoms with E-state index in [2.05, 4.69) is 163 Å². The maximum Gasteiger partial charge on any atom is 0.0979 e. The summed E-state index contributed by atoms with van der Waals surface area (Å²) >= 11 is 0. The van der Waals surface area contributed by atoms with Crippen LogP contribution >= 0.6 is 0 Å². The average molecular weight is 664 g/mol. The van der Waals surface area contributed by atoms with Crippen molar-refractivity contribution in [1.82, 2.24) is 15.0 Å². The summed E-state index contributed by atoms with van der Waals surface area (Å²) in [7, 11) is 0. The third kappa shape index (κ3) is 6.06. The van der Waals surface area contributed by atoms with Crippen LogP contribution in [0, 0.1) is 0 Å². The average Bonchev–Trinajstić information content (AvgIpc) is 3.24. The lowest BCUT2D eigenvalue weighted by Crippen LogP contribution is -1.99. The molecule has 3 heteroatoms. The van der Waals surface area contributed by atoms with E-state index in [-0.39, 0.29) is 0 Å². The van der Waals surface area contributed by atoms with Gasteiger partial charge in [-0.25, -0.2) is 9.97 Å². The predicted molar refractivity (Wildman–Crippen MR) is 215 cm³/mol. The Morgan fingerprint density at radius 2 is 0.596 bits per heavy atom. The molecule has 0 unspecified atom stereocenters. The molecule has 0 radical (unpaired) electrons. The van der Waals surface area contributed by atoms with Gasteiger partial charge in [0.05, 0.1) is 28.1 Å². The maximum atomic E-state index is 5.55. The topological polar surface area (TPSA) is 38.7 Å². The first-order valence-electron chi connectivity index (χ1n) is 17.5. The van der Waals surface area contributed by atoms with Crippen LogP contribution in [0.1, 0.15) is 0 Å². The molecule has 9 rings (SSSR count). The minimum Gasteiger partial charge on any atom is -0.256 e. The number of benzene rings is 7. The predicted octanol–water partition coefficient (Wildman–Crippen LogP) is 12.7. The van der Waals surface area contributed by atoms with Crippen molar-refractivity contribution in [2.45, 2.75) is 0 Å². The first-order chi connectivity index (χ1) is 25.8. The number of rotatable bonds is 7. The second-order valence-corrected chi connectivity index (χ2v) is 12.8. The lowest BCUT2D eigenvalue weighted by atomic mass is 9.94. The van der Waals surface area contributed by atoms with E-state index in [1.807, 2.05) is 42.6 Å². The van der Waals surface area contributed by atoms with Crippen LogP contribution in [-0.2, 0) is 0 Å². The summed E-state index contributed by atoms with van der Waals surface area (Å²) in [5.41, 5.74) is 16.4. The van der Waals surface area contributed by atoms with Gasteiger partial charge < -0.3 is 0 Å². The molecule has 0 N–H and O–H groups in total. The summed E-state index contributed by atoms with van der Waals surface area (Å²) in [6.45, 7) is 0. The fourth-order valence-corrected chi connectivity index (χ4v) is 6.88. The molecule has 0 aliphatic carbocycles. The van der Waals surface area contributed by atoms with E-state index in [1.54, 1.807) is 0 Å². The molecule has 3 nitrogen and oxygen atoms in total. The highest BCUT2D eigenvalue weighted by molar-refractivity contribution is 6.03. The van der Waals surface area contributed by atoms with Crippen LogP contribution in [0.4, 0.5) is 0 Å². The van der Waals surface area contributed by atoms with Gasteiger partial charge in [0.1, 0.15) is 0 Å². The van der Waals surface area contributed by atoms with Crippen molar-refractivity contribution in [2.75, 3.05) is 0 Å². The highest BCUT2D eigenvalue weighted by atomic mass is 14.8. The van der Waals surface area contributed by atoms with Crippen molar-refractivity contribution in [3.8, 4) is 78.3 Å². The van der Waals surface area contributed by atoms with Crippen molar-refractivity contribution >= 4 is 11.0 Å². The summed E-state index contributed by atoms with van der Waals surface area (Å²) in [6.07, 6.45) is 1.83. The summed E-state index contributed by atoms with van der Waals surface area (Å²) in [4.78, 5) is 15.7. The van der Waals surface area contributed by atoms with Crippen molar-refractivity contribution < 1.29 is 0 Å². The Morgan fingerprint density at radius 3 is 1.04 bits per heavy atom. The molecule has 2 heterocycles. The second kappa shape index (κ2) is 13.7. The third-order valence-corrected chi connectivity index (χ3v) is 9.60. The summed E-state index contributed by atoms with van der Waals surface area (Å²) in [5, 5.41) is 0. The van der Waals surface area contributed by atoms with E-state index in [4.69, 9.17) is 9.97 Å². The van der Waals surface area contributed by atoms with E-state index in [1.165, 1.54) is 22.3 Å². The van der Waals surface area contributed by atoms with Crippen molar-refractivity contribution in [1.29, 1.82) is 0 Å². The molecule has 244 valence electrons. The maximum absolute atomic E-state index is 5.55. The molecule has 0 saturated carbocycles. The van der Waals surface area contributed by atoms with Crippen molar-refractivity contribution in [3.63, 3.8) is 0 Å². The van der Waals surface area contributed by atoms with Crippen LogP contribution in [0.2, 0.25) is 0 Å². The van der Waals surface area contributed by atoms with Crippen LogP contribution in [0.3, 0.4) is 0 Å². The fourth-order valence-electron chi connectivity index (χ4n) is 6.88. The van der Waals surface area contributed by atoms with E-state index in [0.29, 0.717) is 0 Å². The normalized spacial score (nSPS) is 11.1. The van der Waals surface area contributed by atoms with Gasteiger partial charge in [0, 0.05) is 34.0 Å². The van der Waals surface area contributed by atoms with Crippen LogP contribution < -0.4 is 0 Å². The second-order valence-electron chi connectivity index (χ2n) is 12.8. The largest absolute Gasteiger partial charge is 0.256 e. The molecule has 9 aromatic rings. The Hall–Kier alpha value is -6.97. The molecule has 7 aromatic carbocycles. The molecule has 0 aliphatic heterocycles. The lowest BCUT2D eigenvalue weighted by Gasteiger charge is -2.16. The highest BCUT2D eigenvalue weighted by Crippen LogP contribution is 2.40. The smallest absolute Gasteiger partial charge is 0.0979 e. The summed E-state index contributed by atoms with van der Waals surface area (Å²) in [6, 6.07) is 67.8. The van der Waals surface area contributed by atoms with Gasteiger partial charge in [-0.15, -0.1) is 0 Å². The fraction of sp³-hybridized carbons (Fsp3) is 0. The zero-order chi connectivity index (χ0) is 34.7. The van der Waals surface area contributed by atoms with E-state index in [0.717, 1.165) is 67.1 Å². The molecule has 2 aromatic heterocycles. The van der Waals surface area contributed by atoms with Gasteiger partial charge in [0.15, 0.2) is 0 Å². The van der Waals surface area contributed by atoms with Gasteiger partial charge in [-0.3, -0.25) is 4.98 Å². The van der Waals surface area contributed by atoms with Crippen LogP contribution in [-0.4, -0.2) is 15.0 Å². The van der Waals surface area contributed by atoms with Gasteiger partial charge in [0.25, 0.3) is 0 Å². The number of pyridine rings is 1. The quantitative estimate of drug-likeness (QED) is 0.170. The van der Waals surface area contributed by atoms with Crippen molar-refractivity contribution in [3.05, 3.63) is 200 Å². The van der Waals surface area contributed by atoms with Gasteiger partial charge in [-0.05, 0) is 45.5 Å². The summed E-state index contributed by atoms with van der Waals surface area (Å²) in [5.74, 6) is 0. The molecule has 0 amide bonds. The minimum atomic E-state index is 0.838. The number of hydrogen-bond donors (Lipinski definition) is 0. The van der Waals surface area contributed by atoms with Gasteiger partial charge >= 0.3 is 0 Å². The van der Waals surface area contributed by atoms with E-state index < -0.39 is 0 Å². The number of fused-ring (bicyclic) bond motifs is 1. The molecule has 52 heavy (non-hydrogen) atoms. The Labute approximate surface area is 303 Å². The SMILES string of the molecule is c1ccc(-c2ccc(-c3ccc(-c4ccc(-c5ccccc5)cc4)c4nc(-c5ccc(-c6ccccn6)cc5)c(-c5ccccc5)nc34)cc2)cc1. The van der Waals surface area contributed by atoms with Gasteiger partial charge in [-0.1, -0.05) is 182 Å². The standard InChI is InChI=1S/C49H33N3/c1-4-12-34(13-5-1)36-19-23-38(24-20-36)43-31-32-44(39-25-21-37(22-26-39)35-14-6-2-7-15-35)49-48(43)51-46(41-16-8-3-9-17-41)47(52-49)42-29-27-40(28-30-42)45-18-10-11-33-50-45/h1-33H. The first-order valence-corrected chi connectivity index (χ1v) is 17.5. The Morgan fingerprint density at radius 1 is 0.250 bits per heavy atom. The number of aromatic nitrogens is 3. The molecule has 0 fully saturated rings. The Balaban J connectivity index is 1.25. The molecule has 0 bridgehead atoms. The Bertz CT molecular complexity index is 2600. The monoisotopic (exact) mass is 663 g/mol.